The number of nitrogens with zero attached hydrogens (tertiary/aromatic N) is 1. The fraction of sp³-hybridized carbons (Fsp3) is 0.286. The van der Waals surface area contributed by atoms with Crippen LogP contribution in [0, 0.1) is 24.7 Å². The molecule has 0 heterocycles. The van der Waals surface area contributed by atoms with E-state index in [1.165, 1.54) is 0 Å². The standard InChI is InChI=1S/C21H24N2/c1-7-10-19(9-3)15-16(4)23-21(17(5)22-6)20-13-11-18(8-2)12-14-20/h2-3,7,10-15,17,21-22H,1,4-6H3/b10-7-,19-15-,23-16+. The van der Waals surface area contributed by atoms with Crippen molar-refractivity contribution in [3.8, 4) is 24.7 Å². The summed E-state index contributed by atoms with van der Waals surface area (Å²) in [5.74, 6) is 5.29. The average molecular weight is 304 g/mol. The van der Waals surface area contributed by atoms with Crippen LogP contribution in [-0.4, -0.2) is 18.8 Å². The second-order valence-corrected chi connectivity index (χ2v) is 5.30. The summed E-state index contributed by atoms with van der Waals surface area (Å²) in [4.78, 5) is 4.84. The predicted molar refractivity (Wildman–Crippen MR) is 100 cm³/mol. The highest BCUT2D eigenvalue weighted by molar-refractivity contribution is 5.94. The quantitative estimate of drug-likeness (QED) is 0.481. The molecule has 0 saturated heterocycles. The zero-order valence-corrected chi connectivity index (χ0v) is 14.3. The fourth-order valence-electron chi connectivity index (χ4n) is 2.21. The topological polar surface area (TPSA) is 24.4 Å². The molecule has 118 valence electrons. The molecule has 0 saturated carbocycles. The number of allylic oxidation sites excluding steroid dienone is 4. The maximum absolute atomic E-state index is 5.51. The minimum Gasteiger partial charge on any atom is -0.315 e. The number of rotatable bonds is 6. The average Bonchev–Trinajstić information content (AvgIpc) is 2.58. The van der Waals surface area contributed by atoms with Crippen molar-refractivity contribution < 1.29 is 0 Å². The van der Waals surface area contributed by atoms with Gasteiger partial charge in [0.25, 0.3) is 0 Å². The van der Waals surface area contributed by atoms with Gasteiger partial charge in [-0.25, -0.2) is 0 Å². The fourth-order valence-corrected chi connectivity index (χ4v) is 2.21. The van der Waals surface area contributed by atoms with E-state index in [1.54, 1.807) is 0 Å². The minimum atomic E-state index is -0.00675. The summed E-state index contributed by atoms with van der Waals surface area (Å²) in [6, 6.07) is 8.12. The van der Waals surface area contributed by atoms with E-state index in [0.717, 1.165) is 22.4 Å². The van der Waals surface area contributed by atoms with Crippen LogP contribution < -0.4 is 5.32 Å². The molecule has 2 atom stereocenters. The Hall–Kier alpha value is -2.55. The van der Waals surface area contributed by atoms with Gasteiger partial charge in [0.1, 0.15) is 0 Å². The molecule has 23 heavy (non-hydrogen) atoms. The molecule has 0 spiro atoms. The Bertz CT molecular complexity index is 676. The Morgan fingerprint density at radius 3 is 2.39 bits per heavy atom. The first-order chi connectivity index (χ1) is 11.0. The van der Waals surface area contributed by atoms with E-state index in [2.05, 4.69) is 24.1 Å². The van der Waals surface area contributed by atoms with Crippen LogP contribution in [0.25, 0.3) is 0 Å². The van der Waals surface area contributed by atoms with E-state index in [9.17, 15) is 0 Å². The molecule has 0 fully saturated rings. The van der Waals surface area contributed by atoms with Gasteiger partial charge in [-0.3, -0.25) is 4.99 Å². The largest absolute Gasteiger partial charge is 0.315 e. The normalized spacial score (nSPS) is 15.0. The van der Waals surface area contributed by atoms with Gasteiger partial charge in [0.15, 0.2) is 0 Å². The van der Waals surface area contributed by atoms with Gasteiger partial charge in [-0.1, -0.05) is 36.1 Å². The zero-order chi connectivity index (χ0) is 17.2. The molecular formula is C21H24N2. The predicted octanol–water partition coefficient (Wildman–Crippen LogP) is 3.91. The van der Waals surface area contributed by atoms with E-state index >= 15 is 0 Å². The number of hydrogen-bond donors (Lipinski definition) is 1. The van der Waals surface area contributed by atoms with E-state index in [4.69, 9.17) is 17.8 Å². The summed E-state index contributed by atoms with van der Waals surface area (Å²) in [5.41, 5.74) is 3.69. The molecule has 0 amide bonds. The molecule has 0 aliphatic heterocycles. The molecule has 1 aromatic rings. The van der Waals surface area contributed by atoms with Crippen molar-refractivity contribution in [3.63, 3.8) is 0 Å². The van der Waals surface area contributed by atoms with Crippen molar-refractivity contribution in [3.05, 3.63) is 59.2 Å². The summed E-state index contributed by atoms with van der Waals surface area (Å²) in [6.45, 7) is 6.01. The van der Waals surface area contributed by atoms with Gasteiger partial charge in [0, 0.05) is 22.9 Å². The lowest BCUT2D eigenvalue weighted by Crippen LogP contribution is -2.28. The van der Waals surface area contributed by atoms with E-state index in [1.807, 2.05) is 63.4 Å². The van der Waals surface area contributed by atoms with Gasteiger partial charge in [-0.05, 0) is 51.6 Å². The van der Waals surface area contributed by atoms with Crippen LogP contribution in [0.15, 0.2) is 53.1 Å². The second kappa shape index (κ2) is 9.46. The van der Waals surface area contributed by atoms with Crippen molar-refractivity contribution in [2.45, 2.75) is 32.9 Å². The highest BCUT2D eigenvalue weighted by Gasteiger charge is 2.17. The molecule has 2 unspecified atom stereocenters. The maximum atomic E-state index is 5.51. The smallest absolute Gasteiger partial charge is 0.0902 e. The van der Waals surface area contributed by atoms with Crippen molar-refractivity contribution in [1.82, 2.24) is 5.32 Å². The number of hydrogen-bond acceptors (Lipinski definition) is 2. The Morgan fingerprint density at radius 2 is 1.91 bits per heavy atom. The molecule has 0 aliphatic rings. The second-order valence-electron chi connectivity index (χ2n) is 5.30. The first-order valence-electron chi connectivity index (χ1n) is 7.65. The summed E-state index contributed by atoms with van der Waals surface area (Å²) in [5, 5.41) is 3.27. The molecular weight excluding hydrogens is 280 g/mol. The molecule has 2 heteroatoms. The van der Waals surface area contributed by atoms with Crippen LogP contribution >= 0.6 is 0 Å². The van der Waals surface area contributed by atoms with Crippen molar-refractivity contribution in [1.29, 1.82) is 0 Å². The first-order valence-corrected chi connectivity index (χ1v) is 7.65. The Morgan fingerprint density at radius 1 is 1.26 bits per heavy atom. The van der Waals surface area contributed by atoms with Gasteiger partial charge < -0.3 is 5.32 Å². The van der Waals surface area contributed by atoms with E-state index in [0.29, 0.717) is 0 Å². The van der Waals surface area contributed by atoms with Gasteiger partial charge in [0.2, 0.25) is 0 Å². The van der Waals surface area contributed by atoms with Crippen LogP contribution in [0.2, 0.25) is 0 Å². The summed E-state index contributed by atoms with van der Waals surface area (Å²) in [6.07, 6.45) is 16.7. The van der Waals surface area contributed by atoms with Gasteiger partial charge in [-0.2, -0.15) is 0 Å². The van der Waals surface area contributed by atoms with Gasteiger partial charge in [-0.15, -0.1) is 12.8 Å². The number of terminal acetylenes is 2. The SMILES string of the molecule is C#CC(/C=C\C)=C/C(C)=N/C(c1ccc(C#C)cc1)C(C)NC. The van der Waals surface area contributed by atoms with Gasteiger partial charge >= 0.3 is 0 Å². The third kappa shape index (κ3) is 5.62. The van der Waals surface area contributed by atoms with Crippen molar-refractivity contribution in [2.75, 3.05) is 7.05 Å². The number of likely N-dealkylation sites (N-methyl/N-ethyl adjacent to an activating group) is 1. The van der Waals surface area contributed by atoms with Crippen molar-refractivity contribution >= 4 is 5.71 Å². The van der Waals surface area contributed by atoms with Crippen LogP contribution in [0.1, 0.15) is 37.9 Å². The minimum absolute atomic E-state index is 0.00675. The third-order valence-electron chi connectivity index (χ3n) is 3.57. The Labute approximate surface area is 140 Å². The molecule has 0 bridgehead atoms. The highest BCUT2D eigenvalue weighted by atomic mass is 14.9. The van der Waals surface area contributed by atoms with Crippen molar-refractivity contribution in [2.24, 2.45) is 4.99 Å². The van der Waals surface area contributed by atoms with Gasteiger partial charge in [0.05, 0.1) is 6.04 Å². The Balaban J connectivity index is 3.19. The first kappa shape index (κ1) is 18.5. The zero-order valence-electron chi connectivity index (χ0n) is 14.3. The van der Waals surface area contributed by atoms with Crippen LogP contribution in [-0.2, 0) is 0 Å². The van der Waals surface area contributed by atoms with Crippen LogP contribution in [0.4, 0.5) is 0 Å². The molecule has 1 N–H and O–H groups in total. The molecule has 1 rings (SSSR count). The van der Waals surface area contributed by atoms with Crippen LogP contribution in [0.3, 0.4) is 0 Å². The maximum Gasteiger partial charge on any atom is 0.0902 e. The molecule has 1 aromatic carbocycles. The number of aliphatic imine (C=N–C) groups is 1. The lowest BCUT2D eigenvalue weighted by molar-refractivity contribution is 0.509. The monoisotopic (exact) mass is 304 g/mol. The van der Waals surface area contributed by atoms with E-state index < -0.39 is 0 Å². The third-order valence-corrected chi connectivity index (χ3v) is 3.57. The lowest BCUT2D eigenvalue weighted by Gasteiger charge is -2.21. The summed E-state index contributed by atoms with van der Waals surface area (Å²) in [7, 11) is 1.93. The molecule has 0 radical (unpaired) electrons. The molecule has 2 nitrogen and oxygen atoms in total. The Kier molecular flexibility index (Phi) is 7.61. The summed E-state index contributed by atoms with van der Waals surface area (Å²) >= 11 is 0. The van der Waals surface area contributed by atoms with E-state index in [-0.39, 0.29) is 12.1 Å². The lowest BCUT2D eigenvalue weighted by atomic mass is 9.99. The highest BCUT2D eigenvalue weighted by Crippen LogP contribution is 2.22. The number of nitrogens with one attached hydrogen (secondary N) is 1. The summed E-state index contributed by atoms with van der Waals surface area (Å²) < 4.78 is 0. The molecule has 0 aliphatic carbocycles. The van der Waals surface area contributed by atoms with Crippen LogP contribution in [0.5, 0.6) is 0 Å². The number of benzene rings is 1. The molecule has 0 aromatic heterocycles.